The van der Waals surface area contributed by atoms with Gasteiger partial charge in [0.1, 0.15) is 3.57 Å². The maximum Gasteiger partial charge on any atom is 0.183 e. The van der Waals surface area contributed by atoms with Crippen molar-refractivity contribution in [1.29, 1.82) is 0 Å². The van der Waals surface area contributed by atoms with Gasteiger partial charge < -0.3 is 10.3 Å². The van der Waals surface area contributed by atoms with E-state index in [-0.39, 0.29) is 0 Å². The Morgan fingerprint density at radius 1 is 1.62 bits per heavy atom. The average molecular weight is 327 g/mol. The molecule has 0 saturated heterocycles. The van der Waals surface area contributed by atoms with Crippen LogP contribution in [-0.4, -0.2) is 5.16 Å². The topological polar surface area (TPSA) is 52.0 Å². The molecule has 0 unspecified atom stereocenters. The zero-order valence-electron chi connectivity index (χ0n) is 6.25. The fourth-order valence-electron chi connectivity index (χ4n) is 0.900. The Morgan fingerprint density at radius 2 is 2.38 bits per heavy atom. The first-order valence-corrected chi connectivity index (χ1v) is 5.67. The molecule has 3 nitrogen and oxygen atoms in total. The molecule has 0 amide bonds. The van der Waals surface area contributed by atoms with E-state index in [0.29, 0.717) is 11.6 Å². The molecule has 0 aliphatic rings. The van der Waals surface area contributed by atoms with Gasteiger partial charge >= 0.3 is 0 Å². The van der Waals surface area contributed by atoms with Gasteiger partial charge in [0.2, 0.25) is 0 Å². The molecule has 0 saturated carbocycles. The van der Waals surface area contributed by atoms with Crippen molar-refractivity contribution in [3.8, 4) is 11.3 Å². The molecule has 6 heteroatoms. The van der Waals surface area contributed by atoms with Gasteiger partial charge in [-0.05, 0) is 28.7 Å². The summed E-state index contributed by atoms with van der Waals surface area (Å²) >= 11 is 9.34. The summed E-state index contributed by atoms with van der Waals surface area (Å²) in [7, 11) is 0. The van der Waals surface area contributed by atoms with Gasteiger partial charge in [0.05, 0.1) is 4.34 Å². The molecule has 68 valence electrons. The lowest BCUT2D eigenvalue weighted by Gasteiger charge is -1.88. The number of nitrogen functional groups attached to an aromatic ring is 1. The van der Waals surface area contributed by atoms with Crippen LogP contribution in [0.3, 0.4) is 0 Å². The molecule has 0 bridgehead atoms. The number of nitrogens with zero attached hydrogens (tertiary/aromatic N) is 1. The largest absolute Gasteiger partial charge is 0.380 e. The highest BCUT2D eigenvalue weighted by Gasteiger charge is 2.13. The fourth-order valence-corrected chi connectivity index (χ4v) is 2.27. The first-order chi connectivity index (χ1) is 6.18. The van der Waals surface area contributed by atoms with Crippen LogP contribution < -0.4 is 5.73 Å². The molecule has 0 aliphatic heterocycles. The van der Waals surface area contributed by atoms with Crippen LogP contribution in [-0.2, 0) is 0 Å². The van der Waals surface area contributed by atoms with Crippen LogP contribution in [0.25, 0.3) is 11.3 Å². The first-order valence-electron chi connectivity index (χ1n) is 3.33. The molecule has 0 spiro atoms. The van der Waals surface area contributed by atoms with Crippen molar-refractivity contribution >= 4 is 51.3 Å². The van der Waals surface area contributed by atoms with Crippen molar-refractivity contribution in [3.63, 3.8) is 0 Å². The Balaban J connectivity index is 2.52. The normalized spacial score (nSPS) is 10.6. The van der Waals surface area contributed by atoms with E-state index in [2.05, 4.69) is 27.7 Å². The lowest BCUT2D eigenvalue weighted by atomic mass is 10.3. The minimum absolute atomic E-state index is 0.415. The molecule has 2 N–H and O–H groups in total. The second-order valence-corrected chi connectivity index (χ2v) is 4.97. The lowest BCUT2D eigenvalue weighted by molar-refractivity contribution is 0.435. The third-order valence-electron chi connectivity index (χ3n) is 1.49. The Kier molecular flexibility index (Phi) is 2.48. The molecule has 13 heavy (non-hydrogen) atoms. The quantitative estimate of drug-likeness (QED) is 0.819. The Morgan fingerprint density at radius 3 is 2.85 bits per heavy atom. The van der Waals surface area contributed by atoms with Gasteiger partial charge in [-0.1, -0.05) is 16.8 Å². The molecule has 0 radical (unpaired) electrons. The molecule has 2 aromatic heterocycles. The number of halogens is 2. The zero-order valence-corrected chi connectivity index (χ0v) is 9.98. The fraction of sp³-hybridized carbons (Fsp3) is 0. The summed E-state index contributed by atoms with van der Waals surface area (Å²) in [6.07, 6.45) is 0. The average Bonchev–Trinajstić information content (AvgIpc) is 2.62. The molecule has 0 aliphatic carbocycles. The molecule has 2 heterocycles. The van der Waals surface area contributed by atoms with Gasteiger partial charge in [-0.15, -0.1) is 11.3 Å². The van der Waals surface area contributed by atoms with Crippen molar-refractivity contribution in [2.24, 2.45) is 0 Å². The number of hydrogen-bond acceptors (Lipinski definition) is 4. The third kappa shape index (κ3) is 1.68. The van der Waals surface area contributed by atoms with Gasteiger partial charge in [-0.2, -0.15) is 0 Å². The molecular formula is C7H4ClIN2OS. The smallest absolute Gasteiger partial charge is 0.183 e. The van der Waals surface area contributed by atoms with E-state index >= 15 is 0 Å². The van der Waals surface area contributed by atoms with Gasteiger partial charge in [0.15, 0.2) is 11.6 Å². The Bertz CT molecular complexity index is 439. The van der Waals surface area contributed by atoms with Crippen LogP contribution in [0.15, 0.2) is 16.0 Å². The number of anilines is 1. The molecule has 2 rings (SSSR count). The van der Waals surface area contributed by atoms with E-state index in [9.17, 15) is 0 Å². The second-order valence-electron chi connectivity index (χ2n) is 2.35. The number of aromatic nitrogens is 1. The molecule has 0 fully saturated rings. The van der Waals surface area contributed by atoms with Gasteiger partial charge in [-0.25, -0.2) is 0 Å². The van der Waals surface area contributed by atoms with Crippen LogP contribution in [0.4, 0.5) is 5.82 Å². The maximum atomic E-state index is 5.79. The van der Waals surface area contributed by atoms with Crippen LogP contribution >= 0.6 is 45.5 Å². The van der Waals surface area contributed by atoms with Gasteiger partial charge in [-0.3, -0.25) is 0 Å². The highest BCUT2D eigenvalue weighted by Crippen LogP contribution is 2.33. The molecule has 0 atom stereocenters. The predicted octanol–water partition coefficient (Wildman–Crippen LogP) is 3.24. The minimum Gasteiger partial charge on any atom is -0.380 e. The van der Waals surface area contributed by atoms with E-state index in [0.717, 1.165) is 13.5 Å². The third-order valence-corrected chi connectivity index (χ3v) is 3.62. The van der Waals surface area contributed by atoms with Crippen molar-refractivity contribution in [3.05, 3.63) is 19.4 Å². The Labute approximate surface area is 97.0 Å². The maximum absolute atomic E-state index is 5.79. The number of thiophene rings is 1. The summed E-state index contributed by atoms with van der Waals surface area (Å²) in [5.41, 5.74) is 6.46. The van der Waals surface area contributed by atoms with E-state index in [4.69, 9.17) is 21.9 Å². The van der Waals surface area contributed by atoms with Crippen molar-refractivity contribution in [2.45, 2.75) is 0 Å². The molecule has 2 aromatic rings. The van der Waals surface area contributed by atoms with Crippen molar-refractivity contribution in [2.75, 3.05) is 5.73 Å². The second kappa shape index (κ2) is 3.47. The summed E-state index contributed by atoms with van der Waals surface area (Å²) in [5.74, 6) is 1.10. The number of hydrogen-bond donors (Lipinski definition) is 1. The summed E-state index contributed by atoms with van der Waals surface area (Å²) in [5, 5.41) is 5.57. The zero-order chi connectivity index (χ0) is 9.42. The van der Waals surface area contributed by atoms with E-state index in [1.54, 1.807) is 0 Å². The predicted molar refractivity (Wildman–Crippen MR) is 62.0 cm³/mol. The van der Waals surface area contributed by atoms with Gasteiger partial charge in [0, 0.05) is 10.9 Å². The lowest BCUT2D eigenvalue weighted by Crippen LogP contribution is -1.85. The Hall–Kier alpha value is -0.270. The summed E-state index contributed by atoms with van der Waals surface area (Å²) in [6, 6.07) is 1.83. The van der Waals surface area contributed by atoms with Crippen LogP contribution in [0.5, 0.6) is 0 Å². The van der Waals surface area contributed by atoms with E-state index in [1.165, 1.54) is 11.3 Å². The van der Waals surface area contributed by atoms with E-state index in [1.807, 2.05) is 11.4 Å². The SMILES string of the molecule is Nc1noc(-c2csc(Cl)c2)c1I. The highest BCUT2D eigenvalue weighted by atomic mass is 127. The van der Waals surface area contributed by atoms with Crippen LogP contribution in [0.2, 0.25) is 4.34 Å². The first kappa shape index (κ1) is 9.29. The van der Waals surface area contributed by atoms with Gasteiger partial charge in [0.25, 0.3) is 0 Å². The summed E-state index contributed by atoms with van der Waals surface area (Å²) in [6.45, 7) is 0. The van der Waals surface area contributed by atoms with Crippen molar-refractivity contribution in [1.82, 2.24) is 5.16 Å². The highest BCUT2D eigenvalue weighted by molar-refractivity contribution is 14.1. The van der Waals surface area contributed by atoms with Crippen LogP contribution in [0, 0.1) is 3.57 Å². The molecular weight excluding hydrogens is 323 g/mol. The minimum atomic E-state index is 0.415. The summed E-state index contributed by atoms with van der Waals surface area (Å²) in [4.78, 5) is 0. The summed E-state index contributed by atoms with van der Waals surface area (Å²) < 4.78 is 6.61. The standard InChI is InChI=1S/C7H4ClIN2OS/c8-4-1-3(2-13-4)6-5(9)7(10)11-12-6/h1-2H,(H2,10,11). The van der Waals surface area contributed by atoms with E-state index < -0.39 is 0 Å². The van der Waals surface area contributed by atoms with Crippen molar-refractivity contribution < 1.29 is 4.52 Å². The van der Waals surface area contributed by atoms with Crippen LogP contribution in [0.1, 0.15) is 0 Å². The monoisotopic (exact) mass is 326 g/mol. The number of rotatable bonds is 1. The molecule has 0 aromatic carbocycles. The number of nitrogens with two attached hydrogens (primary N) is 1.